The van der Waals surface area contributed by atoms with E-state index in [2.05, 4.69) is 24.1 Å². The molecule has 116 valence electrons. The highest BCUT2D eigenvalue weighted by Gasteiger charge is 2.24. The molecule has 1 saturated heterocycles. The predicted molar refractivity (Wildman–Crippen MR) is 88.5 cm³/mol. The SMILES string of the molecule is CC1CCCN(CCC(=O)Nc2ccc(Cl)cc2N)C1C. The number of benzene rings is 1. The fourth-order valence-corrected chi connectivity index (χ4v) is 3.02. The fraction of sp³-hybridized carbons (Fsp3) is 0.562. The molecule has 2 rings (SSSR count). The third-order valence-corrected chi connectivity index (χ3v) is 4.65. The van der Waals surface area contributed by atoms with Crippen molar-refractivity contribution in [3.05, 3.63) is 23.2 Å². The standard InChI is InChI=1S/C16H24ClN3O/c1-11-4-3-8-20(12(11)2)9-7-16(21)19-15-6-5-13(17)10-14(15)18/h5-6,10-12H,3-4,7-9,18H2,1-2H3,(H,19,21). The quantitative estimate of drug-likeness (QED) is 0.838. The first kappa shape index (κ1) is 16.1. The van der Waals surface area contributed by atoms with E-state index in [0.717, 1.165) is 13.1 Å². The number of anilines is 2. The van der Waals surface area contributed by atoms with Gasteiger partial charge in [-0.2, -0.15) is 0 Å². The van der Waals surface area contributed by atoms with Crippen LogP contribution in [0.15, 0.2) is 18.2 Å². The van der Waals surface area contributed by atoms with Gasteiger partial charge in [0.05, 0.1) is 11.4 Å². The van der Waals surface area contributed by atoms with E-state index in [1.165, 1.54) is 12.8 Å². The van der Waals surface area contributed by atoms with Crippen LogP contribution in [0.5, 0.6) is 0 Å². The molecule has 2 unspecified atom stereocenters. The Balaban J connectivity index is 1.84. The van der Waals surface area contributed by atoms with E-state index >= 15 is 0 Å². The van der Waals surface area contributed by atoms with Crippen molar-refractivity contribution in [1.82, 2.24) is 4.90 Å². The van der Waals surface area contributed by atoms with Crippen LogP contribution in [0.1, 0.15) is 33.1 Å². The Morgan fingerprint density at radius 2 is 2.24 bits per heavy atom. The van der Waals surface area contributed by atoms with Crippen LogP contribution >= 0.6 is 11.6 Å². The number of nitrogens with zero attached hydrogens (tertiary/aromatic N) is 1. The van der Waals surface area contributed by atoms with Crippen LogP contribution in [0.25, 0.3) is 0 Å². The van der Waals surface area contributed by atoms with Crippen molar-refractivity contribution in [3.8, 4) is 0 Å². The van der Waals surface area contributed by atoms with Crippen LogP contribution < -0.4 is 11.1 Å². The van der Waals surface area contributed by atoms with Gasteiger partial charge in [-0.1, -0.05) is 18.5 Å². The lowest BCUT2D eigenvalue weighted by atomic mass is 9.92. The van der Waals surface area contributed by atoms with Gasteiger partial charge in [-0.25, -0.2) is 0 Å². The van der Waals surface area contributed by atoms with Crippen molar-refractivity contribution >= 4 is 28.9 Å². The first-order valence-electron chi connectivity index (χ1n) is 7.56. The number of halogens is 1. The normalized spacial score (nSPS) is 23.0. The second-order valence-electron chi connectivity index (χ2n) is 5.93. The molecule has 0 spiro atoms. The van der Waals surface area contributed by atoms with Gasteiger partial charge in [0.1, 0.15) is 0 Å². The minimum Gasteiger partial charge on any atom is -0.397 e. The van der Waals surface area contributed by atoms with Crippen molar-refractivity contribution in [3.63, 3.8) is 0 Å². The first-order chi connectivity index (χ1) is 9.97. The summed E-state index contributed by atoms with van der Waals surface area (Å²) in [6.07, 6.45) is 2.99. The van der Waals surface area contributed by atoms with Crippen LogP contribution in [0.3, 0.4) is 0 Å². The number of nitrogens with one attached hydrogen (secondary N) is 1. The van der Waals surface area contributed by atoms with Gasteiger partial charge in [0.15, 0.2) is 0 Å². The average Bonchev–Trinajstić information content (AvgIpc) is 2.43. The molecular formula is C16H24ClN3O. The average molecular weight is 310 g/mol. The number of nitrogens with two attached hydrogens (primary N) is 1. The highest BCUT2D eigenvalue weighted by atomic mass is 35.5. The maximum absolute atomic E-state index is 12.1. The topological polar surface area (TPSA) is 58.4 Å². The number of piperidine rings is 1. The number of hydrogen-bond donors (Lipinski definition) is 2. The van der Waals surface area contributed by atoms with Gasteiger partial charge >= 0.3 is 0 Å². The maximum Gasteiger partial charge on any atom is 0.225 e. The molecule has 1 heterocycles. The van der Waals surface area contributed by atoms with Gasteiger partial charge in [-0.3, -0.25) is 9.69 Å². The van der Waals surface area contributed by atoms with Crippen molar-refractivity contribution in [1.29, 1.82) is 0 Å². The van der Waals surface area contributed by atoms with Gasteiger partial charge in [0, 0.05) is 24.0 Å². The second kappa shape index (κ2) is 7.14. The lowest BCUT2D eigenvalue weighted by molar-refractivity contribution is -0.116. The van der Waals surface area contributed by atoms with Crippen LogP contribution in [0.2, 0.25) is 5.02 Å². The fourth-order valence-electron chi connectivity index (χ4n) is 2.84. The van der Waals surface area contributed by atoms with Crippen molar-refractivity contribution < 1.29 is 4.79 Å². The zero-order valence-corrected chi connectivity index (χ0v) is 13.5. The van der Waals surface area contributed by atoms with E-state index in [-0.39, 0.29) is 5.91 Å². The third kappa shape index (κ3) is 4.35. The molecule has 4 nitrogen and oxygen atoms in total. The summed E-state index contributed by atoms with van der Waals surface area (Å²) in [5.74, 6) is 0.697. The van der Waals surface area contributed by atoms with Gasteiger partial charge in [-0.05, 0) is 50.4 Å². The third-order valence-electron chi connectivity index (χ3n) is 4.42. The lowest BCUT2D eigenvalue weighted by Crippen LogP contribution is -2.43. The van der Waals surface area contributed by atoms with Gasteiger partial charge in [-0.15, -0.1) is 0 Å². The highest BCUT2D eigenvalue weighted by Crippen LogP contribution is 2.24. The second-order valence-corrected chi connectivity index (χ2v) is 6.36. The molecule has 3 N–H and O–H groups in total. The molecule has 0 bridgehead atoms. The summed E-state index contributed by atoms with van der Waals surface area (Å²) in [5.41, 5.74) is 6.96. The molecule has 1 aliphatic rings. The van der Waals surface area contributed by atoms with Crippen LogP contribution in [0.4, 0.5) is 11.4 Å². The van der Waals surface area contributed by atoms with Gasteiger partial charge < -0.3 is 11.1 Å². The van der Waals surface area contributed by atoms with Gasteiger partial charge in [0.2, 0.25) is 5.91 Å². The minimum absolute atomic E-state index is 0.00514. The maximum atomic E-state index is 12.1. The summed E-state index contributed by atoms with van der Waals surface area (Å²) in [5, 5.41) is 3.42. The smallest absolute Gasteiger partial charge is 0.225 e. The minimum atomic E-state index is -0.00514. The largest absolute Gasteiger partial charge is 0.397 e. The van der Waals surface area contributed by atoms with E-state index in [4.69, 9.17) is 17.3 Å². The number of amides is 1. The summed E-state index contributed by atoms with van der Waals surface area (Å²) in [6.45, 7) is 6.41. The monoisotopic (exact) mass is 309 g/mol. The number of likely N-dealkylation sites (tertiary alicyclic amines) is 1. The summed E-state index contributed by atoms with van der Waals surface area (Å²) >= 11 is 5.85. The first-order valence-corrected chi connectivity index (χ1v) is 7.94. The summed E-state index contributed by atoms with van der Waals surface area (Å²) in [7, 11) is 0. The predicted octanol–water partition coefficient (Wildman–Crippen LogP) is 3.37. The summed E-state index contributed by atoms with van der Waals surface area (Å²) in [6, 6.07) is 5.65. The Kier molecular flexibility index (Phi) is 5.48. The Hall–Kier alpha value is -1.26. The molecule has 1 aliphatic heterocycles. The Labute approximate surface area is 131 Å². The number of carbonyl (C=O) groups excluding carboxylic acids is 1. The molecular weight excluding hydrogens is 286 g/mol. The Morgan fingerprint density at radius 1 is 1.48 bits per heavy atom. The van der Waals surface area contributed by atoms with E-state index < -0.39 is 0 Å². The number of carbonyl (C=O) groups is 1. The van der Waals surface area contributed by atoms with E-state index in [9.17, 15) is 4.79 Å². The van der Waals surface area contributed by atoms with E-state index in [1.807, 2.05) is 0 Å². The Morgan fingerprint density at radius 3 is 2.95 bits per heavy atom. The molecule has 2 atom stereocenters. The summed E-state index contributed by atoms with van der Waals surface area (Å²) < 4.78 is 0. The molecule has 1 fully saturated rings. The molecule has 1 aromatic carbocycles. The molecule has 5 heteroatoms. The summed E-state index contributed by atoms with van der Waals surface area (Å²) in [4.78, 5) is 14.5. The molecule has 0 aliphatic carbocycles. The highest BCUT2D eigenvalue weighted by molar-refractivity contribution is 6.31. The number of hydrogen-bond acceptors (Lipinski definition) is 3. The molecule has 21 heavy (non-hydrogen) atoms. The van der Waals surface area contributed by atoms with Crippen LogP contribution in [0, 0.1) is 5.92 Å². The molecule has 0 aromatic heterocycles. The molecule has 1 amide bonds. The van der Waals surface area contributed by atoms with Gasteiger partial charge in [0.25, 0.3) is 0 Å². The Bertz CT molecular complexity index is 506. The zero-order valence-electron chi connectivity index (χ0n) is 12.7. The van der Waals surface area contributed by atoms with Crippen molar-refractivity contribution in [2.45, 2.75) is 39.2 Å². The van der Waals surface area contributed by atoms with Crippen molar-refractivity contribution in [2.75, 3.05) is 24.1 Å². The molecule has 0 radical (unpaired) electrons. The van der Waals surface area contributed by atoms with Crippen LogP contribution in [-0.2, 0) is 4.79 Å². The number of rotatable bonds is 4. The van der Waals surface area contributed by atoms with Crippen molar-refractivity contribution in [2.24, 2.45) is 5.92 Å². The zero-order chi connectivity index (χ0) is 15.4. The lowest BCUT2D eigenvalue weighted by Gasteiger charge is -2.37. The van der Waals surface area contributed by atoms with E-state index in [1.54, 1.807) is 18.2 Å². The number of nitrogen functional groups attached to an aromatic ring is 1. The van der Waals surface area contributed by atoms with E-state index in [0.29, 0.717) is 34.8 Å². The molecule has 0 saturated carbocycles. The molecule has 1 aromatic rings. The van der Waals surface area contributed by atoms with Crippen LogP contribution in [-0.4, -0.2) is 29.9 Å².